The number of hydrogen-bond acceptors (Lipinski definition) is 6. The predicted octanol–water partition coefficient (Wildman–Crippen LogP) is -0.305. The Labute approximate surface area is 176 Å². The van der Waals surface area contributed by atoms with Gasteiger partial charge in [-0.1, -0.05) is 0 Å². The molecule has 0 spiro atoms. The molecule has 1 fully saturated rings. The molecule has 1 N–H and O–H groups in total. The van der Waals surface area contributed by atoms with E-state index in [0.717, 1.165) is 17.4 Å². The average molecular weight is 428 g/mol. The molecule has 4 heterocycles. The van der Waals surface area contributed by atoms with Crippen LogP contribution >= 0.6 is 0 Å². The first-order valence-electron chi connectivity index (χ1n) is 10.1. The molecule has 0 unspecified atom stereocenters. The van der Waals surface area contributed by atoms with E-state index >= 15 is 0 Å². The van der Waals surface area contributed by atoms with Crippen LogP contribution in [-0.4, -0.2) is 55.0 Å². The van der Waals surface area contributed by atoms with Gasteiger partial charge < -0.3 is 19.2 Å². The molecule has 3 aromatic rings. The van der Waals surface area contributed by atoms with Crippen molar-refractivity contribution in [3.05, 3.63) is 51.3 Å². The Morgan fingerprint density at radius 3 is 2.61 bits per heavy atom. The van der Waals surface area contributed by atoms with E-state index < -0.39 is 11.2 Å². The number of aryl methyl sites for hydroxylation is 1. The number of nitrogens with one attached hydrogen (secondary N) is 1. The second-order valence-electron chi connectivity index (χ2n) is 7.80. The fourth-order valence-corrected chi connectivity index (χ4v) is 3.89. The zero-order valence-electron chi connectivity index (χ0n) is 17.4. The van der Waals surface area contributed by atoms with Crippen LogP contribution in [0.4, 0.5) is 0 Å². The van der Waals surface area contributed by atoms with Gasteiger partial charge in [0.1, 0.15) is 12.8 Å². The molecule has 1 aliphatic heterocycles. The van der Waals surface area contributed by atoms with Gasteiger partial charge in [0.2, 0.25) is 5.91 Å². The van der Waals surface area contributed by atoms with E-state index in [1.165, 1.54) is 42.1 Å². The van der Waals surface area contributed by atoms with Crippen molar-refractivity contribution in [2.75, 3.05) is 19.6 Å². The molecule has 164 valence electrons. The smallest absolute Gasteiger partial charge is 0.332 e. The van der Waals surface area contributed by atoms with Crippen LogP contribution < -0.4 is 16.6 Å². The van der Waals surface area contributed by atoms with Gasteiger partial charge in [0, 0.05) is 33.7 Å². The van der Waals surface area contributed by atoms with Crippen LogP contribution in [0.15, 0.2) is 38.9 Å². The molecular weight excluding hydrogens is 404 g/mol. The van der Waals surface area contributed by atoms with Crippen molar-refractivity contribution >= 4 is 23.0 Å². The van der Waals surface area contributed by atoms with Crippen molar-refractivity contribution in [1.29, 1.82) is 0 Å². The van der Waals surface area contributed by atoms with E-state index in [1.807, 2.05) is 0 Å². The fourth-order valence-electron chi connectivity index (χ4n) is 3.89. The summed E-state index contributed by atoms with van der Waals surface area (Å²) >= 11 is 0. The van der Waals surface area contributed by atoms with E-state index in [0.29, 0.717) is 25.2 Å². The Kier molecular flexibility index (Phi) is 5.49. The minimum Gasteiger partial charge on any atom is -0.472 e. The summed E-state index contributed by atoms with van der Waals surface area (Å²) in [6.45, 7) is 1.68. The highest BCUT2D eigenvalue weighted by molar-refractivity contribution is 5.93. The number of furan rings is 1. The Morgan fingerprint density at radius 1 is 1.19 bits per heavy atom. The largest absolute Gasteiger partial charge is 0.472 e. The molecule has 0 radical (unpaired) electrons. The Hall–Kier alpha value is -3.63. The summed E-state index contributed by atoms with van der Waals surface area (Å²) in [5.74, 6) is -0.0168. The first kappa shape index (κ1) is 20.6. The van der Waals surface area contributed by atoms with E-state index in [2.05, 4.69) is 10.3 Å². The van der Waals surface area contributed by atoms with Crippen molar-refractivity contribution in [3.63, 3.8) is 0 Å². The SMILES string of the molecule is Cn1c(=O)c2c(ncn2CC(=O)NCC2CCN(C(=O)c3ccoc3)CC2)n(C)c1=O. The number of piperidine rings is 1. The maximum atomic E-state index is 12.5. The Bertz CT molecular complexity index is 1230. The molecule has 3 aromatic heterocycles. The lowest BCUT2D eigenvalue weighted by Gasteiger charge is -2.31. The molecule has 11 heteroatoms. The average Bonchev–Trinajstić information content (AvgIpc) is 3.45. The summed E-state index contributed by atoms with van der Waals surface area (Å²) in [6.07, 6.45) is 5.90. The van der Waals surface area contributed by atoms with Gasteiger partial charge in [-0.2, -0.15) is 0 Å². The molecular formula is C20H24N6O5. The standard InChI is InChI=1S/C20H24N6O5/c1-23-17-16(19(29)24(2)20(23)30)26(12-22-17)10-15(27)21-9-13-3-6-25(7-4-13)18(28)14-5-8-31-11-14/h5,8,11-13H,3-4,6-7,9-10H2,1-2H3,(H,21,27). The number of carbonyl (C=O) groups is 2. The molecule has 1 aliphatic rings. The van der Waals surface area contributed by atoms with Crippen molar-refractivity contribution in [2.24, 2.45) is 20.0 Å². The summed E-state index contributed by atoms with van der Waals surface area (Å²) in [5.41, 5.74) is 0.0483. The van der Waals surface area contributed by atoms with Crippen LogP contribution in [0.5, 0.6) is 0 Å². The van der Waals surface area contributed by atoms with Crippen molar-refractivity contribution < 1.29 is 14.0 Å². The topological polar surface area (TPSA) is 124 Å². The van der Waals surface area contributed by atoms with E-state index in [9.17, 15) is 19.2 Å². The van der Waals surface area contributed by atoms with Crippen LogP contribution in [0, 0.1) is 5.92 Å². The third-order valence-electron chi connectivity index (χ3n) is 5.79. The van der Waals surface area contributed by atoms with E-state index in [1.54, 1.807) is 11.0 Å². The number of likely N-dealkylation sites (tertiary alicyclic amines) is 1. The number of aromatic nitrogens is 4. The predicted molar refractivity (Wildman–Crippen MR) is 111 cm³/mol. The van der Waals surface area contributed by atoms with Crippen molar-refractivity contribution in [3.8, 4) is 0 Å². The highest BCUT2D eigenvalue weighted by atomic mass is 16.3. The quantitative estimate of drug-likeness (QED) is 0.595. The molecule has 0 atom stereocenters. The minimum absolute atomic E-state index is 0.0424. The highest BCUT2D eigenvalue weighted by Crippen LogP contribution is 2.18. The molecule has 0 aromatic carbocycles. The number of hydrogen-bond donors (Lipinski definition) is 1. The summed E-state index contributed by atoms with van der Waals surface area (Å²) in [5, 5.41) is 2.90. The van der Waals surface area contributed by atoms with Crippen LogP contribution in [0.3, 0.4) is 0 Å². The number of amides is 2. The fraction of sp³-hybridized carbons (Fsp3) is 0.450. The van der Waals surface area contributed by atoms with E-state index in [-0.39, 0.29) is 35.4 Å². The Morgan fingerprint density at radius 2 is 1.94 bits per heavy atom. The molecule has 1 saturated heterocycles. The minimum atomic E-state index is -0.488. The van der Waals surface area contributed by atoms with Gasteiger partial charge in [-0.15, -0.1) is 0 Å². The van der Waals surface area contributed by atoms with Crippen LogP contribution in [0.25, 0.3) is 11.2 Å². The zero-order chi connectivity index (χ0) is 22.1. The second kappa shape index (κ2) is 8.25. The highest BCUT2D eigenvalue weighted by Gasteiger charge is 2.24. The van der Waals surface area contributed by atoms with Gasteiger partial charge in [-0.05, 0) is 24.8 Å². The van der Waals surface area contributed by atoms with Crippen molar-refractivity contribution in [1.82, 2.24) is 28.9 Å². The second-order valence-corrected chi connectivity index (χ2v) is 7.80. The third kappa shape index (κ3) is 3.90. The molecule has 2 amide bonds. The lowest BCUT2D eigenvalue weighted by molar-refractivity contribution is -0.121. The van der Waals surface area contributed by atoms with Gasteiger partial charge in [0.25, 0.3) is 11.5 Å². The summed E-state index contributed by atoms with van der Waals surface area (Å²) in [4.78, 5) is 55.2. The van der Waals surface area contributed by atoms with Gasteiger partial charge in [-0.25, -0.2) is 9.78 Å². The van der Waals surface area contributed by atoms with Crippen LogP contribution in [0.2, 0.25) is 0 Å². The molecule has 0 aliphatic carbocycles. The van der Waals surface area contributed by atoms with Gasteiger partial charge in [-0.3, -0.25) is 23.5 Å². The van der Waals surface area contributed by atoms with Crippen LogP contribution in [-0.2, 0) is 25.4 Å². The number of nitrogens with zero attached hydrogens (tertiary/aromatic N) is 5. The first-order chi connectivity index (χ1) is 14.9. The molecule has 4 rings (SSSR count). The van der Waals surface area contributed by atoms with E-state index in [4.69, 9.17) is 4.42 Å². The van der Waals surface area contributed by atoms with Gasteiger partial charge >= 0.3 is 5.69 Å². The van der Waals surface area contributed by atoms with Gasteiger partial charge in [0.15, 0.2) is 11.2 Å². The molecule has 31 heavy (non-hydrogen) atoms. The van der Waals surface area contributed by atoms with Crippen molar-refractivity contribution in [2.45, 2.75) is 19.4 Å². The number of rotatable bonds is 5. The molecule has 0 saturated carbocycles. The normalized spacial score (nSPS) is 14.8. The molecule has 11 nitrogen and oxygen atoms in total. The third-order valence-corrected chi connectivity index (χ3v) is 5.79. The lowest BCUT2D eigenvalue weighted by atomic mass is 9.96. The van der Waals surface area contributed by atoms with Gasteiger partial charge in [0.05, 0.1) is 18.2 Å². The zero-order valence-corrected chi connectivity index (χ0v) is 17.4. The summed E-state index contributed by atoms with van der Waals surface area (Å²) < 4.78 is 8.70. The number of imidazole rings is 1. The first-order valence-corrected chi connectivity index (χ1v) is 10.1. The molecule has 0 bridgehead atoms. The summed E-state index contributed by atoms with van der Waals surface area (Å²) in [6, 6.07) is 1.65. The van der Waals surface area contributed by atoms with Crippen LogP contribution in [0.1, 0.15) is 23.2 Å². The Balaban J connectivity index is 1.33. The number of fused-ring (bicyclic) bond motifs is 1. The number of carbonyl (C=O) groups excluding carboxylic acids is 2. The monoisotopic (exact) mass is 428 g/mol. The maximum absolute atomic E-state index is 12.5. The lowest BCUT2D eigenvalue weighted by Crippen LogP contribution is -2.42. The maximum Gasteiger partial charge on any atom is 0.332 e. The summed E-state index contributed by atoms with van der Waals surface area (Å²) in [7, 11) is 2.93.